The summed E-state index contributed by atoms with van der Waals surface area (Å²) in [6.45, 7) is 3.34. The maximum Gasteiger partial charge on any atom is 0.229 e. The van der Waals surface area contributed by atoms with Crippen molar-refractivity contribution in [3.63, 3.8) is 0 Å². The number of carbonyl (C=O) groups is 1. The third kappa shape index (κ3) is 5.11. The van der Waals surface area contributed by atoms with Gasteiger partial charge in [0.1, 0.15) is 11.6 Å². The van der Waals surface area contributed by atoms with Gasteiger partial charge in [0.2, 0.25) is 11.9 Å². The van der Waals surface area contributed by atoms with Crippen LogP contribution in [0.5, 0.6) is 5.75 Å². The van der Waals surface area contributed by atoms with Crippen LogP contribution >= 0.6 is 11.6 Å². The predicted octanol–water partition coefficient (Wildman–Crippen LogP) is 4.89. The van der Waals surface area contributed by atoms with E-state index in [-0.39, 0.29) is 5.91 Å². The standard InChI is InChI=1S/C20H20ClN5O2/c1-12-9-19(24-16-6-4-5-15(11-16)23-13(2)27)26-20(22-12)25-17-10-14(21)7-8-18(17)28-3/h4-11H,1-3H3,(H,23,27)(H2,22,24,25,26). The third-order valence-corrected chi connectivity index (χ3v) is 3.95. The number of rotatable bonds is 6. The Balaban J connectivity index is 1.84. The van der Waals surface area contributed by atoms with Crippen molar-refractivity contribution in [3.8, 4) is 5.75 Å². The minimum Gasteiger partial charge on any atom is -0.495 e. The SMILES string of the molecule is COc1ccc(Cl)cc1Nc1nc(C)cc(Nc2cccc(NC(C)=O)c2)n1. The lowest BCUT2D eigenvalue weighted by Crippen LogP contribution is -2.06. The van der Waals surface area contributed by atoms with E-state index in [0.29, 0.717) is 33.9 Å². The Labute approximate surface area is 168 Å². The molecule has 0 aliphatic rings. The Morgan fingerprint density at radius 2 is 1.82 bits per heavy atom. The average molecular weight is 398 g/mol. The number of hydrogen-bond acceptors (Lipinski definition) is 6. The van der Waals surface area contributed by atoms with Crippen molar-refractivity contribution >= 4 is 46.3 Å². The van der Waals surface area contributed by atoms with Gasteiger partial charge in [0.25, 0.3) is 0 Å². The summed E-state index contributed by atoms with van der Waals surface area (Å²) in [7, 11) is 1.58. The van der Waals surface area contributed by atoms with Gasteiger partial charge in [-0.3, -0.25) is 4.79 Å². The molecule has 0 aliphatic heterocycles. The molecule has 3 aromatic rings. The van der Waals surface area contributed by atoms with Crippen molar-refractivity contribution in [1.29, 1.82) is 0 Å². The van der Waals surface area contributed by atoms with E-state index < -0.39 is 0 Å². The summed E-state index contributed by atoms with van der Waals surface area (Å²) in [6, 6.07) is 14.5. The molecule has 0 bridgehead atoms. The van der Waals surface area contributed by atoms with Crippen LogP contribution in [0.3, 0.4) is 0 Å². The molecule has 0 saturated carbocycles. The lowest BCUT2D eigenvalue weighted by atomic mass is 10.2. The van der Waals surface area contributed by atoms with E-state index >= 15 is 0 Å². The maximum absolute atomic E-state index is 11.2. The van der Waals surface area contributed by atoms with Gasteiger partial charge in [-0.2, -0.15) is 4.98 Å². The zero-order valence-corrected chi connectivity index (χ0v) is 16.5. The number of halogens is 1. The Morgan fingerprint density at radius 1 is 1.04 bits per heavy atom. The van der Waals surface area contributed by atoms with Gasteiger partial charge in [-0.05, 0) is 43.3 Å². The summed E-state index contributed by atoms with van der Waals surface area (Å²) < 4.78 is 5.35. The van der Waals surface area contributed by atoms with Crippen molar-refractivity contribution in [2.24, 2.45) is 0 Å². The first-order chi connectivity index (χ1) is 13.4. The van der Waals surface area contributed by atoms with E-state index in [1.807, 2.05) is 37.3 Å². The van der Waals surface area contributed by atoms with E-state index in [9.17, 15) is 4.79 Å². The van der Waals surface area contributed by atoms with Gasteiger partial charge in [-0.1, -0.05) is 17.7 Å². The van der Waals surface area contributed by atoms with Crippen LogP contribution in [-0.2, 0) is 4.79 Å². The van der Waals surface area contributed by atoms with Crippen LogP contribution in [-0.4, -0.2) is 23.0 Å². The molecule has 2 aromatic carbocycles. The number of hydrogen-bond donors (Lipinski definition) is 3. The first-order valence-electron chi connectivity index (χ1n) is 8.54. The summed E-state index contributed by atoms with van der Waals surface area (Å²) >= 11 is 6.08. The summed E-state index contributed by atoms with van der Waals surface area (Å²) in [5, 5.41) is 9.69. The number of amides is 1. The van der Waals surface area contributed by atoms with Crippen LogP contribution in [0.2, 0.25) is 5.02 Å². The summed E-state index contributed by atoms with van der Waals surface area (Å²) in [4.78, 5) is 20.2. The second kappa shape index (κ2) is 8.58. The molecule has 7 nitrogen and oxygen atoms in total. The molecule has 0 fully saturated rings. The Bertz CT molecular complexity index is 1010. The van der Waals surface area contributed by atoms with Crippen molar-refractivity contribution < 1.29 is 9.53 Å². The van der Waals surface area contributed by atoms with Crippen molar-refractivity contribution in [1.82, 2.24) is 9.97 Å². The molecular weight excluding hydrogens is 378 g/mol. The van der Waals surface area contributed by atoms with Gasteiger partial charge >= 0.3 is 0 Å². The van der Waals surface area contributed by atoms with Crippen molar-refractivity contribution in [3.05, 3.63) is 59.2 Å². The third-order valence-electron chi connectivity index (χ3n) is 3.72. The number of nitrogens with one attached hydrogen (secondary N) is 3. The first-order valence-corrected chi connectivity index (χ1v) is 8.91. The Kier molecular flexibility index (Phi) is 5.96. The quantitative estimate of drug-likeness (QED) is 0.548. The molecule has 8 heteroatoms. The fourth-order valence-electron chi connectivity index (χ4n) is 2.61. The van der Waals surface area contributed by atoms with Crippen LogP contribution < -0.4 is 20.7 Å². The highest BCUT2D eigenvalue weighted by atomic mass is 35.5. The number of nitrogens with zero attached hydrogens (tertiary/aromatic N) is 2. The van der Waals surface area contributed by atoms with Crippen LogP contribution in [0, 0.1) is 6.92 Å². The number of ether oxygens (including phenoxy) is 1. The molecule has 0 saturated heterocycles. The molecular formula is C20H20ClN5O2. The average Bonchev–Trinajstić information content (AvgIpc) is 2.61. The zero-order chi connectivity index (χ0) is 20.1. The summed E-state index contributed by atoms with van der Waals surface area (Å²) in [6.07, 6.45) is 0. The van der Waals surface area contributed by atoms with Crippen LogP contribution in [0.15, 0.2) is 48.5 Å². The van der Waals surface area contributed by atoms with Gasteiger partial charge in [-0.25, -0.2) is 4.98 Å². The minimum atomic E-state index is -0.128. The monoisotopic (exact) mass is 397 g/mol. The van der Waals surface area contributed by atoms with E-state index in [1.54, 1.807) is 25.3 Å². The topological polar surface area (TPSA) is 88.2 Å². The number of aromatic nitrogens is 2. The van der Waals surface area contributed by atoms with Gasteiger partial charge in [0, 0.05) is 35.1 Å². The smallest absolute Gasteiger partial charge is 0.229 e. The second-order valence-electron chi connectivity index (χ2n) is 6.07. The number of aryl methyl sites for hydroxylation is 1. The lowest BCUT2D eigenvalue weighted by Gasteiger charge is -2.13. The highest BCUT2D eigenvalue weighted by Gasteiger charge is 2.08. The molecule has 0 radical (unpaired) electrons. The van der Waals surface area contributed by atoms with Gasteiger partial charge in [0.15, 0.2) is 0 Å². The Morgan fingerprint density at radius 3 is 2.57 bits per heavy atom. The second-order valence-corrected chi connectivity index (χ2v) is 6.51. The van der Waals surface area contributed by atoms with Gasteiger partial charge < -0.3 is 20.7 Å². The summed E-state index contributed by atoms with van der Waals surface area (Å²) in [5.74, 6) is 1.51. The van der Waals surface area contributed by atoms with Crippen molar-refractivity contribution in [2.75, 3.05) is 23.1 Å². The maximum atomic E-state index is 11.2. The molecule has 0 spiro atoms. The molecule has 0 unspecified atom stereocenters. The van der Waals surface area contributed by atoms with Gasteiger partial charge in [-0.15, -0.1) is 0 Å². The van der Waals surface area contributed by atoms with E-state index in [2.05, 4.69) is 25.9 Å². The Hall–Kier alpha value is -3.32. The molecule has 3 N–H and O–H groups in total. The molecule has 1 aromatic heterocycles. The van der Waals surface area contributed by atoms with Crippen molar-refractivity contribution in [2.45, 2.75) is 13.8 Å². The van der Waals surface area contributed by atoms with E-state index in [1.165, 1.54) is 6.92 Å². The van der Waals surface area contributed by atoms with Crippen LogP contribution in [0.1, 0.15) is 12.6 Å². The lowest BCUT2D eigenvalue weighted by molar-refractivity contribution is -0.114. The molecule has 3 rings (SSSR count). The largest absolute Gasteiger partial charge is 0.495 e. The van der Waals surface area contributed by atoms with Gasteiger partial charge in [0.05, 0.1) is 12.8 Å². The molecule has 28 heavy (non-hydrogen) atoms. The van der Waals surface area contributed by atoms with E-state index in [4.69, 9.17) is 16.3 Å². The number of anilines is 5. The highest BCUT2D eigenvalue weighted by molar-refractivity contribution is 6.31. The molecule has 1 heterocycles. The predicted molar refractivity (Wildman–Crippen MR) is 112 cm³/mol. The first kappa shape index (κ1) is 19.4. The minimum absolute atomic E-state index is 0.128. The molecule has 144 valence electrons. The normalized spacial score (nSPS) is 10.3. The fourth-order valence-corrected chi connectivity index (χ4v) is 2.78. The number of carbonyl (C=O) groups excluding carboxylic acids is 1. The summed E-state index contributed by atoms with van der Waals surface area (Å²) in [5.41, 5.74) is 2.93. The molecule has 0 atom stereocenters. The fraction of sp³-hybridized carbons (Fsp3) is 0.150. The molecule has 0 aliphatic carbocycles. The molecule has 1 amide bonds. The number of methoxy groups -OCH3 is 1. The van der Waals surface area contributed by atoms with Crippen LogP contribution in [0.25, 0.3) is 0 Å². The number of benzene rings is 2. The highest BCUT2D eigenvalue weighted by Crippen LogP contribution is 2.30. The van der Waals surface area contributed by atoms with E-state index in [0.717, 1.165) is 11.4 Å². The zero-order valence-electron chi connectivity index (χ0n) is 15.7. The van der Waals surface area contributed by atoms with Crippen LogP contribution in [0.4, 0.5) is 28.8 Å².